The number of phenolic OH excluding ortho intramolecular Hbond substituents is 3. The van der Waals surface area contributed by atoms with Crippen molar-refractivity contribution < 1.29 is 54.1 Å². The molecule has 0 radical (unpaired) electrons. The molecule has 0 bridgehead atoms. The van der Waals surface area contributed by atoms with Crippen LogP contribution in [0.15, 0.2) is 23.7 Å². The first-order valence-corrected chi connectivity index (χ1v) is 14.1. The van der Waals surface area contributed by atoms with E-state index in [1.165, 1.54) is 57.8 Å². The first-order valence-electron chi connectivity index (χ1n) is 14.1. The highest BCUT2D eigenvalue weighted by atomic mass is 16.6. The zero-order chi connectivity index (χ0) is 29.5. The minimum Gasteiger partial charge on any atom is -0.504 e. The SMILES string of the molecule is CCCCCCCCCCCCCCCC(=O)OCC(O)C1OC(=O)C(O)=C1OC(=O)c1cc(O)c(O)c(O)c1. The lowest BCUT2D eigenvalue weighted by molar-refractivity contribution is -0.154. The molecule has 2 unspecified atom stereocenters. The van der Waals surface area contributed by atoms with Crippen molar-refractivity contribution in [3.63, 3.8) is 0 Å². The van der Waals surface area contributed by atoms with Crippen molar-refractivity contribution in [2.24, 2.45) is 0 Å². The summed E-state index contributed by atoms with van der Waals surface area (Å²) in [7, 11) is 0. The monoisotopic (exact) mass is 566 g/mol. The third kappa shape index (κ3) is 10.6. The van der Waals surface area contributed by atoms with Gasteiger partial charge in [0.2, 0.25) is 11.5 Å². The van der Waals surface area contributed by atoms with E-state index in [9.17, 15) is 39.9 Å². The third-order valence-corrected chi connectivity index (χ3v) is 6.68. The number of phenols is 3. The van der Waals surface area contributed by atoms with Crippen molar-refractivity contribution >= 4 is 17.9 Å². The molecular formula is C29H42O11. The minimum absolute atomic E-state index is 0.158. The van der Waals surface area contributed by atoms with Gasteiger partial charge < -0.3 is 39.7 Å². The number of carbonyl (C=O) groups is 3. The lowest BCUT2D eigenvalue weighted by Crippen LogP contribution is -2.34. The van der Waals surface area contributed by atoms with E-state index < -0.39 is 71.1 Å². The van der Waals surface area contributed by atoms with Crippen molar-refractivity contribution in [3.05, 3.63) is 29.2 Å². The Balaban J connectivity index is 1.67. The van der Waals surface area contributed by atoms with Gasteiger partial charge >= 0.3 is 17.9 Å². The van der Waals surface area contributed by atoms with Crippen LogP contribution < -0.4 is 0 Å². The second-order valence-corrected chi connectivity index (χ2v) is 10.0. The molecule has 1 heterocycles. The van der Waals surface area contributed by atoms with Gasteiger partial charge in [-0.15, -0.1) is 0 Å². The van der Waals surface area contributed by atoms with E-state index in [1.807, 2.05) is 0 Å². The molecule has 0 aromatic heterocycles. The molecule has 40 heavy (non-hydrogen) atoms. The molecule has 1 aromatic rings. The molecule has 1 aliphatic heterocycles. The molecule has 0 spiro atoms. The molecule has 0 aliphatic carbocycles. The number of hydrogen-bond acceptors (Lipinski definition) is 11. The van der Waals surface area contributed by atoms with Gasteiger partial charge in [0, 0.05) is 6.42 Å². The number of hydrogen-bond donors (Lipinski definition) is 5. The van der Waals surface area contributed by atoms with Crippen LogP contribution in [0.4, 0.5) is 0 Å². The number of unbranched alkanes of at least 4 members (excludes halogenated alkanes) is 12. The highest BCUT2D eigenvalue weighted by molar-refractivity contribution is 5.94. The van der Waals surface area contributed by atoms with Crippen LogP contribution in [0.2, 0.25) is 0 Å². The van der Waals surface area contributed by atoms with Crippen molar-refractivity contribution in [2.75, 3.05) is 6.61 Å². The molecule has 1 aliphatic rings. The fraction of sp³-hybridized carbons (Fsp3) is 0.621. The molecule has 11 heteroatoms. The van der Waals surface area contributed by atoms with E-state index in [0.717, 1.165) is 31.4 Å². The summed E-state index contributed by atoms with van der Waals surface area (Å²) in [5.74, 6) is -7.31. The van der Waals surface area contributed by atoms with E-state index >= 15 is 0 Å². The van der Waals surface area contributed by atoms with Gasteiger partial charge in [0.1, 0.15) is 12.7 Å². The normalized spacial score (nSPS) is 15.7. The number of benzene rings is 1. The quantitative estimate of drug-likeness (QED) is 0.0655. The van der Waals surface area contributed by atoms with E-state index in [1.54, 1.807) is 0 Å². The molecule has 0 fully saturated rings. The Kier molecular flexibility index (Phi) is 14.1. The second-order valence-electron chi connectivity index (χ2n) is 10.0. The first kappa shape index (κ1) is 32.7. The molecule has 2 rings (SSSR count). The summed E-state index contributed by atoms with van der Waals surface area (Å²) < 4.78 is 14.9. The number of aliphatic hydroxyl groups excluding tert-OH is 2. The summed E-state index contributed by atoms with van der Waals surface area (Å²) in [6.07, 6.45) is 12.1. The van der Waals surface area contributed by atoms with Gasteiger partial charge in [-0.05, 0) is 18.6 Å². The fourth-order valence-electron chi connectivity index (χ4n) is 4.33. The van der Waals surface area contributed by atoms with Crippen molar-refractivity contribution in [3.8, 4) is 17.2 Å². The Labute approximate surface area is 234 Å². The highest BCUT2D eigenvalue weighted by Crippen LogP contribution is 2.36. The van der Waals surface area contributed by atoms with Gasteiger partial charge in [-0.1, -0.05) is 84.0 Å². The number of esters is 3. The van der Waals surface area contributed by atoms with E-state index in [2.05, 4.69) is 6.92 Å². The molecule has 1 aromatic carbocycles. The molecule has 0 saturated carbocycles. The van der Waals surface area contributed by atoms with Crippen LogP contribution in [0.5, 0.6) is 17.2 Å². The van der Waals surface area contributed by atoms with Crippen LogP contribution in [0.25, 0.3) is 0 Å². The Bertz CT molecular complexity index is 994. The summed E-state index contributed by atoms with van der Waals surface area (Å²) in [6, 6.07) is 1.58. The molecular weight excluding hydrogens is 524 g/mol. The summed E-state index contributed by atoms with van der Waals surface area (Å²) in [5, 5.41) is 48.9. The standard InChI is InChI=1S/C29H42O11/c1-2-3-4-5-6-7-8-9-10-11-12-13-14-15-23(33)38-18-22(32)26-27(25(35)29(37)39-26)40-28(36)19-16-20(30)24(34)21(31)17-19/h16-17,22,26,30-32,34-35H,2-15,18H2,1H3. The number of ether oxygens (including phenoxy) is 3. The maximum absolute atomic E-state index is 12.4. The Morgan fingerprint density at radius 2 is 1.35 bits per heavy atom. The predicted octanol–water partition coefficient (Wildman–Crippen LogP) is 5.04. The summed E-state index contributed by atoms with van der Waals surface area (Å²) in [5.41, 5.74) is -0.426. The number of aliphatic hydroxyl groups is 2. The van der Waals surface area contributed by atoms with Crippen LogP contribution >= 0.6 is 0 Å². The minimum atomic E-state index is -1.64. The fourth-order valence-corrected chi connectivity index (χ4v) is 4.33. The zero-order valence-electron chi connectivity index (χ0n) is 23.1. The Hall–Kier alpha value is -3.47. The largest absolute Gasteiger partial charge is 0.504 e. The first-order chi connectivity index (χ1) is 19.1. The van der Waals surface area contributed by atoms with Crippen LogP contribution in [0.1, 0.15) is 107 Å². The lowest BCUT2D eigenvalue weighted by Gasteiger charge is -2.19. The molecule has 5 N–H and O–H groups in total. The van der Waals surface area contributed by atoms with Crippen LogP contribution in [-0.2, 0) is 23.8 Å². The average molecular weight is 567 g/mol. The molecule has 0 saturated heterocycles. The van der Waals surface area contributed by atoms with Gasteiger partial charge in [-0.25, -0.2) is 9.59 Å². The van der Waals surface area contributed by atoms with E-state index in [-0.39, 0.29) is 6.42 Å². The van der Waals surface area contributed by atoms with Crippen LogP contribution in [0, 0.1) is 0 Å². The zero-order valence-corrected chi connectivity index (χ0v) is 23.1. The highest BCUT2D eigenvalue weighted by Gasteiger charge is 2.42. The Morgan fingerprint density at radius 1 is 0.850 bits per heavy atom. The van der Waals surface area contributed by atoms with Gasteiger partial charge in [-0.3, -0.25) is 4.79 Å². The number of carbonyl (C=O) groups excluding carboxylic acids is 3. The van der Waals surface area contributed by atoms with E-state index in [0.29, 0.717) is 6.42 Å². The molecule has 224 valence electrons. The van der Waals surface area contributed by atoms with Crippen LogP contribution in [-0.4, -0.2) is 62.3 Å². The topological polar surface area (TPSA) is 180 Å². The molecule has 2 atom stereocenters. The average Bonchev–Trinajstić information content (AvgIpc) is 3.21. The summed E-state index contributed by atoms with van der Waals surface area (Å²) in [4.78, 5) is 36.3. The van der Waals surface area contributed by atoms with Crippen molar-refractivity contribution in [2.45, 2.75) is 109 Å². The van der Waals surface area contributed by atoms with Gasteiger partial charge in [0.05, 0.1) is 5.56 Å². The third-order valence-electron chi connectivity index (χ3n) is 6.68. The van der Waals surface area contributed by atoms with Crippen molar-refractivity contribution in [1.29, 1.82) is 0 Å². The van der Waals surface area contributed by atoms with Crippen molar-refractivity contribution in [1.82, 2.24) is 0 Å². The number of rotatable bonds is 19. The molecule has 0 amide bonds. The second kappa shape index (κ2) is 17.3. The maximum atomic E-state index is 12.4. The maximum Gasteiger partial charge on any atom is 0.378 e. The lowest BCUT2D eigenvalue weighted by atomic mass is 10.0. The number of cyclic esters (lactones) is 1. The summed E-state index contributed by atoms with van der Waals surface area (Å²) in [6.45, 7) is 1.64. The van der Waals surface area contributed by atoms with E-state index in [4.69, 9.17) is 14.2 Å². The van der Waals surface area contributed by atoms with Gasteiger partial charge in [0.15, 0.2) is 23.4 Å². The summed E-state index contributed by atoms with van der Waals surface area (Å²) >= 11 is 0. The smallest absolute Gasteiger partial charge is 0.378 e. The molecule has 11 nitrogen and oxygen atoms in total. The predicted molar refractivity (Wildman–Crippen MR) is 144 cm³/mol. The number of aromatic hydroxyl groups is 3. The van der Waals surface area contributed by atoms with Gasteiger partial charge in [0.25, 0.3) is 0 Å². The Morgan fingerprint density at radius 3 is 1.88 bits per heavy atom. The van der Waals surface area contributed by atoms with Gasteiger partial charge in [-0.2, -0.15) is 0 Å². The van der Waals surface area contributed by atoms with Crippen LogP contribution in [0.3, 0.4) is 0 Å².